The zero-order chi connectivity index (χ0) is 15.5. The van der Waals surface area contributed by atoms with Gasteiger partial charge in [0.05, 0.1) is 0 Å². The molecule has 0 aromatic heterocycles. The van der Waals surface area contributed by atoms with E-state index >= 15 is 0 Å². The number of rotatable bonds is 6. The minimum Gasteiger partial charge on any atom is -0.326 e. The fourth-order valence-electron chi connectivity index (χ4n) is 2.10. The van der Waals surface area contributed by atoms with Crippen molar-refractivity contribution in [1.29, 1.82) is 0 Å². The predicted octanol–water partition coefficient (Wildman–Crippen LogP) is 3.95. The summed E-state index contributed by atoms with van der Waals surface area (Å²) in [5.74, 6) is 0.460. The Bertz CT molecular complexity index is 486. The standard InChI is InChI=1S/C18H28N2O/c1-13(18(2,3)4)10-17(21)20-16-7-5-6-14(11-16)12-19-15-8-9-15/h5-7,11,13,15,19H,8-10,12H2,1-4H3,(H,20,21). The average Bonchev–Trinajstić information content (AvgIpc) is 3.19. The highest BCUT2D eigenvalue weighted by Crippen LogP contribution is 2.28. The van der Waals surface area contributed by atoms with Crippen LogP contribution >= 0.6 is 0 Å². The molecule has 1 saturated carbocycles. The Hall–Kier alpha value is -1.35. The number of hydrogen-bond acceptors (Lipinski definition) is 2. The molecule has 116 valence electrons. The molecule has 0 aliphatic heterocycles. The lowest BCUT2D eigenvalue weighted by Gasteiger charge is -2.26. The molecular weight excluding hydrogens is 260 g/mol. The van der Waals surface area contributed by atoms with Crippen LogP contribution in [-0.2, 0) is 11.3 Å². The van der Waals surface area contributed by atoms with E-state index in [2.05, 4.69) is 50.5 Å². The van der Waals surface area contributed by atoms with Crippen molar-refractivity contribution in [2.24, 2.45) is 11.3 Å². The first kappa shape index (κ1) is 16.0. The molecule has 1 unspecified atom stereocenters. The number of benzene rings is 1. The van der Waals surface area contributed by atoms with Crippen LogP contribution in [0, 0.1) is 11.3 Å². The van der Waals surface area contributed by atoms with Gasteiger partial charge < -0.3 is 10.6 Å². The average molecular weight is 288 g/mol. The maximum atomic E-state index is 12.1. The number of amides is 1. The van der Waals surface area contributed by atoms with Gasteiger partial charge in [-0.25, -0.2) is 0 Å². The Morgan fingerprint density at radius 1 is 1.33 bits per heavy atom. The Labute approximate surface area is 128 Å². The van der Waals surface area contributed by atoms with Crippen molar-refractivity contribution in [2.45, 2.75) is 59.5 Å². The first-order chi connectivity index (χ1) is 9.84. The van der Waals surface area contributed by atoms with Crippen LogP contribution in [-0.4, -0.2) is 11.9 Å². The molecule has 0 spiro atoms. The molecule has 21 heavy (non-hydrogen) atoms. The second-order valence-electron chi connectivity index (χ2n) is 7.37. The molecule has 1 aromatic carbocycles. The summed E-state index contributed by atoms with van der Waals surface area (Å²) in [6.45, 7) is 9.54. The van der Waals surface area contributed by atoms with E-state index in [0.717, 1.165) is 12.2 Å². The summed E-state index contributed by atoms with van der Waals surface area (Å²) in [7, 11) is 0. The quantitative estimate of drug-likeness (QED) is 0.832. The van der Waals surface area contributed by atoms with Gasteiger partial charge in [0.15, 0.2) is 0 Å². The third-order valence-electron chi connectivity index (χ3n) is 4.35. The number of nitrogens with one attached hydrogen (secondary N) is 2. The molecule has 1 atom stereocenters. The van der Waals surface area contributed by atoms with Crippen LogP contribution in [0.1, 0.15) is 52.5 Å². The summed E-state index contributed by atoms with van der Waals surface area (Å²) in [5, 5.41) is 6.51. The second kappa shape index (κ2) is 6.61. The number of anilines is 1. The topological polar surface area (TPSA) is 41.1 Å². The van der Waals surface area contributed by atoms with E-state index in [9.17, 15) is 4.79 Å². The van der Waals surface area contributed by atoms with Crippen molar-refractivity contribution in [1.82, 2.24) is 5.32 Å². The third kappa shape index (κ3) is 5.50. The highest BCUT2D eigenvalue weighted by molar-refractivity contribution is 5.90. The predicted molar refractivity (Wildman–Crippen MR) is 88.2 cm³/mol. The van der Waals surface area contributed by atoms with Gasteiger partial charge in [0.2, 0.25) is 5.91 Å². The van der Waals surface area contributed by atoms with Crippen molar-refractivity contribution in [2.75, 3.05) is 5.32 Å². The van der Waals surface area contributed by atoms with E-state index in [1.165, 1.54) is 18.4 Å². The van der Waals surface area contributed by atoms with Gasteiger partial charge in [-0.15, -0.1) is 0 Å². The lowest BCUT2D eigenvalue weighted by Crippen LogP contribution is -2.24. The fraction of sp³-hybridized carbons (Fsp3) is 0.611. The van der Waals surface area contributed by atoms with Crippen molar-refractivity contribution in [3.8, 4) is 0 Å². The zero-order valence-corrected chi connectivity index (χ0v) is 13.7. The van der Waals surface area contributed by atoms with E-state index < -0.39 is 0 Å². The van der Waals surface area contributed by atoms with Crippen LogP contribution in [0.2, 0.25) is 0 Å². The van der Waals surface area contributed by atoms with Crippen molar-refractivity contribution in [3.63, 3.8) is 0 Å². The summed E-state index contributed by atoms with van der Waals surface area (Å²) in [4.78, 5) is 12.1. The minimum atomic E-state index is 0.102. The smallest absolute Gasteiger partial charge is 0.224 e. The minimum absolute atomic E-state index is 0.102. The van der Waals surface area contributed by atoms with E-state index in [0.29, 0.717) is 18.4 Å². The van der Waals surface area contributed by atoms with Gasteiger partial charge >= 0.3 is 0 Å². The second-order valence-corrected chi connectivity index (χ2v) is 7.37. The summed E-state index contributed by atoms with van der Waals surface area (Å²) in [5.41, 5.74) is 2.28. The number of carbonyl (C=O) groups excluding carboxylic acids is 1. The molecule has 0 radical (unpaired) electrons. The van der Waals surface area contributed by atoms with E-state index in [1.807, 2.05) is 12.1 Å². The molecule has 1 fully saturated rings. The lowest BCUT2D eigenvalue weighted by atomic mass is 9.80. The molecule has 3 heteroatoms. The molecule has 0 bridgehead atoms. The lowest BCUT2D eigenvalue weighted by molar-refractivity contribution is -0.117. The Balaban J connectivity index is 1.86. The van der Waals surface area contributed by atoms with Gasteiger partial charge in [0.1, 0.15) is 0 Å². The fourth-order valence-corrected chi connectivity index (χ4v) is 2.10. The molecule has 0 heterocycles. The van der Waals surface area contributed by atoms with Gasteiger partial charge in [-0.1, -0.05) is 39.8 Å². The first-order valence-corrected chi connectivity index (χ1v) is 7.97. The molecule has 3 nitrogen and oxygen atoms in total. The molecular formula is C18H28N2O. The molecule has 2 N–H and O–H groups in total. The van der Waals surface area contributed by atoms with Gasteiger partial charge in [-0.3, -0.25) is 4.79 Å². The van der Waals surface area contributed by atoms with Crippen LogP contribution in [0.4, 0.5) is 5.69 Å². The number of hydrogen-bond donors (Lipinski definition) is 2. The molecule has 1 aliphatic carbocycles. The normalized spacial score (nSPS) is 16.6. The van der Waals surface area contributed by atoms with Gasteiger partial charge in [0, 0.05) is 24.7 Å². The Morgan fingerprint density at radius 3 is 2.67 bits per heavy atom. The SMILES string of the molecule is CC(CC(=O)Nc1cccc(CNC2CC2)c1)C(C)(C)C. The van der Waals surface area contributed by atoms with E-state index in [-0.39, 0.29) is 11.3 Å². The molecule has 1 aromatic rings. The largest absolute Gasteiger partial charge is 0.326 e. The van der Waals surface area contributed by atoms with Crippen molar-refractivity contribution < 1.29 is 4.79 Å². The summed E-state index contributed by atoms with van der Waals surface area (Å²) in [6, 6.07) is 8.83. The van der Waals surface area contributed by atoms with Crippen LogP contribution in [0.15, 0.2) is 24.3 Å². The van der Waals surface area contributed by atoms with Gasteiger partial charge in [-0.05, 0) is 41.9 Å². The summed E-state index contributed by atoms with van der Waals surface area (Å²) < 4.78 is 0. The van der Waals surface area contributed by atoms with Crippen LogP contribution in [0.25, 0.3) is 0 Å². The van der Waals surface area contributed by atoms with Crippen LogP contribution in [0.5, 0.6) is 0 Å². The highest BCUT2D eigenvalue weighted by atomic mass is 16.1. The first-order valence-electron chi connectivity index (χ1n) is 7.97. The van der Waals surface area contributed by atoms with Gasteiger partial charge in [-0.2, -0.15) is 0 Å². The molecule has 0 saturated heterocycles. The molecule has 1 amide bonds. The Kier molecular flexibility index (Phi) is 5.04. The molecule has 2 rings (SSSR count). The summed E-state index contributed by atoms with van der Waals surface area (Å²) in [6.07, 6.45) is 3.15. The maximum Gasteiger partial charge on any atom is 0.224 e. The number of carbonyl (C=O) groups is 1. The maximum absolute atomic E-state index is 12.1. The molecule has 1 aliphatic rings. The van der Waals surface area contributed by atoms with Gasteiger partial charge in [0.25, 0.3) is 0 Å². The van der Waals surface area contributed by atoms with E-state index in [4.69, 9.17) is 0 Å². The Morgan fingerprint density at radius 2 is 2.05 bits per heavy atom. The summed E-state index contributed by atoms with van der Waals surface area (Å²) >= 11 is 0. The van der Waals surface area contributed by atoms with Crippen LogP contribution in [0.3, 0.4) is 0 Å². The highest BCUT2D eigenvalue weighted by Gasteiger charge is 2.22. The van der Waals surface area contributed by atoms with Crippen molar-refractivity contribution >= 4 is 11.6 Å². The van der Waals surface area contributed by atoms with Crippen molar-refractivity contribution in [3.05, 3.63) is 29.8 Å². The third-order valence-corrected chi connectivity index (χ3v) is 4.35. The van der Waals surface area contributed by atoms with Crippen LogP contribution < -0.4 is 10.6 Å². The van der Waals surface area contributed by atoms with E-state index in [1.54, 1.807) is 0 Å². The monoisotopic (exact) mass is 288 g/mol. The zero-order valence-electron chi connectivity index (χ0n) is 13.7.